The molecular weight excluding hydrogens is 279 g/mol. The van der Waals surface area contributed by atoms with Crippen molar-refractivity contribution in [3.63, 3.8) is 0 Å². The molecule has 4 nitrogen and oxygen atoms in total. The van der Waals surface area contributed by atoms with Crippen LogP contribution in [0.2, 0.25) is 0 Å². The van der Waals surface area contributed by atoms with Crippen LogP contribution in [0.5, 0.6) is 0 Å². The van der Waals surface area contributed by atoms with Gasteiger partial charge in [0, 0.05) is 6.42 Å². The normalized spacial score (nSPS) is 20.3. The van der Waals surface area contributed by atoms with Gasteiger partial charge in [0.15, 0.2) is 0 Å². The summed E-state index contributed by atoms with van der Waals surface area (Å²) in [7, 11) is -0.307. The fraction of sp³-hybridized carbons (Fsp3) is 0.824. The van der Waals surface area contributed by atoms with Gasteiger partial charge in [-0.25, -0.2) is 0 Å². The molecule has 126 valence electrons. The van der Waals surface area contributed by atoms with Crippen molar-refractivity contribution in [2.45, 2.75) is 84.8 Å². The highest BCUT2D eigenvalue weighted by atomic mass is 16.7. The smallest absolute Gasteiger partial charge is 0.466 e. The zero-order valence-electron chi connectivity index (χ0n) is 15.0. The van der Waals surface area contributed by atoms with E-state index in [0.29, 0.717) is 19.4 Å². The second-order valence-corrected chi connectivity index (χ2v) is 6.81. The Hall–Kier alpha value is -0.805. The van der Waals surface area contributed by atoms with Crippen molar-refractivity contribution in [2.75, 3.05) is 6.61 Å². The van der Waals surface area contributed by atoms with E-state index < -0.39 is 0 Å². The Morgan fingerprint density at radius 2 is 1.68 bits per heavy atom. The van der Waals surface area contributed by atoms with E-state index in [4.69, 9.17) is 14.0 Å². The van der Waals surface area contributed by atoms with Gasteiger partial charge in [-0.15, -0.1) is 0 Å². The predicted molar refractivity (Wildman–Crippen MR) is 89.6 cm³/mol. The van der Waals surface area contributed by atoms with Crippen molar-refractivity contribution in [3.05, 3.63) is 11.5 Å². The molecule has 0 aliphatic carbocycles. The number of hydrogen-bond donors (Lipinski definition) is 0. The minimum Gasteiger partial charge on any atom is -0.466 e. The van der Waals surface area contributed by atoms with Gasteiger partial charge in [0.25, 0.3) is 0 Å². The standard InChI is InChI=1S/C17H31BO4/c1-7-9-11-14(12-10-13-15(19)20-8-2)18-21-16(3,4)17(5,6)22-18/h12H,7-11,13H2,1-6H3. The van der Waals surface area contributed by atoms with Crippen LogP contribution in [0, 0.1) is 0 Å². The molecule has 0 atom stereocenters. The van der Waals surface area contributed by atoms with Crippen LogP contribution < -0.4 is 0 Å². The summed E-state index contributed by atoms with van der Waals surface area (Å²) in [4.78, 5) is 11.5. The SMILES string of the molecule is CCCCC(=CCCC(=O)OCC)B1OC(C)(C)C(C)(C)O1. The summed E-state index contributed by atoms with van der Waals surface area (Å²) < 4.78 is 17.2. The Labute approximate surface area is 135 Å². The van der Waals surface area contributed by atoms with E-state index >= 15 is 0 Å². The molecular formula is C17H31BO4. The van der Waals surface area contributed by atoms with E-state index in [2.05, 4.69) is 40.7 Å². The van der Waals surface area contributed by atoms with Crippen molar-refractivity contribution >= 4 is 13.1 Å². The average Bonchev–Trinajstić information content (AvgIpc) is 2.62. The van der Waals surface area contributed by atoms with Crippen molar-refractivity contribution in [1.82, 2.24) is 0 Å². The lowest BCUT2D eigenvalue weighted by molar-refractivity contribution is -0.143. The van der Waals surface area contributed by atoms with Crippen LogP contribution in [-0.4, -0.2) is 30.9 Å². The van der Waals surface area contributed by atoms with Crippen LogP contribution >= 0.6 is 0 Å². The molecule has 0 aromatic carbocycles. The van der Waals surface area contributed by atoms with E-state index in [0.717, 1.165) is 24.7 Å². The molecule has 5 heteroatoms. The Bertz CT molecular complexity index is 385. The van der Waals surface area contributed by atoms with Crippen LogP contribution in [0.1, 0.15) is 73.6 Å². The summed E-state index contributed by atoms with van der Waals surface area (Å²) >= 11 is 0. The van der Waals surface area contributed by atoms with Gasteiger partial charge in [-0.3, -0.25) is 4.79 Å². The van der Waals surface area contributed by atoms with Crippen LogP contribution in [0.4, 0.5) is 0 Å². The van der Waals surface area contributed by atoms with Crippen molar-refractivity contribution < 1.29 is 18.8 Å². The maximum atomic E-state index is 11.5. The number of carbonyl (C=O) groups excluding carboxylic acids is 1. The maximum Gasteiger partial charge on any atom is 0.490 e. The third-order valence-electron chi connectivity index (χ3n) is 4.44. The number of esters is 1. The molecule has 0 amide bonds. The van der Waals surface area contributed by atoms with Gasteiger partial charge in [-0.05, 0) is 52.9 Å². The van der Waals surface area contributed by atoms with Crippen LogP contribution in [0.3, 0.4) is 0 Å². The van der Waals surface area contributed by atoms with E-state index in [1.54, 1.807) is 0 Å². The molecule has 1 saturated heterocycles. The fourth-order valence-electron chi connectivity index (χ4n) is 2.30. The van der Waals surface area contributed by atoms with Gasteiger partial charge in [0.1, 0.15) is 0 Å². The van der Waals surface area contributed by atoms with Gasteiger partial charge in [-0.2, -0.15) is 0 Å². The third-order valence-corrected chi connectivity index (χ3v) is 4.44. The monoisotopic (exact) mass is 310 g/mol. The lowest BCUT2D eigenvalue weighted by Crippen LogP contribution is -2.41. The van der Waals surface area contributed by atoms with Gasteiger partial charge in [0.05, 0.1) is 17.8 Å². The summed E-state index contributed by atoms with van der Waals surface area (Å²) in [6.07, 6.45) is 6.32. The quantitative estimate of drug-likeness (QED) is 0.500. The number of unbranched alkanes of at least 4 members (excludes halogenated alkanes) is 1. The molecule has 1 heterocycles. The molecule has 1 aliphatic rings. The first-order chi connectivity index (χ1) is 10.2. The Morgan fingerprint density at radius 3 is 2.18 bits per heavy atom. The molecule has 0 aromatic heterocycles. The summed E-state index contributed by atoms with van der Waals surface area (Å²) in [6, 6.07) is 0. The molecule has 1 rings (SSSR count). The topological polar surface area (TPSA) is 44.8 Å². The second kappa shape index (κ2) is 8.16. The summed E-state index contributed by atoms with van der Waals surface area (Å²) in [6.45, 7) is 12.7. The lowest BCUT2D eigenvalue weighted by Gasteiger charge is -2.32. The lowest BCUT2D eigenvalue weighted by atomic mass is 9.74. The van der Waals surface area contributed by atoms with E-state index in [-0.39, 0.29) is 24.3 Å². The summed E-state index contributed by atoms with van der Waals surface area (Å²) in [5.74, 6) is -0.150. The molecule has 22 heavy (non-hydrogen) atoms. The Morgan fingerprint density at radius 1 is 1.09 bits per heavy atom. The van der Waals surface area contributed by atoms with Gasteiger partial charge in [-0.1, -0.05) is 25.8 Å². The Balaban J connectivity index is 2.70. The molecule has 0 bridgehead atoms. The second-order valence-electron chi connectivity index (χ2n) is 6.81. The first kappa shape index (κ1) is 19.2. The highest BCUT2D eigenvalue weighted by Crippen LogP contribution is 2.39. The van der Waals surface area contributed by atoms with Crippen LogP contribution in [-0.2, 0) is 18.8 Å². The summed E-state index contributed by atoms with van der Waals surface area (Å²) in [5, 5.41) is 0. The number of rotatable bonds is 8. The van der Waals surface area contributed by atoms with Gasteiger partial charge >= 0.3 is 13.1 Å². The molecule has 0 radical (unpaired) electrons. The molecule has 0 aromatic rings. The van der Waals surface area contributed by atoms with Gasteiger partial charge < -0.3 is 14.0 Å². The average molecular weight is 310 g/mol. The molecule has 0 unspecified atom stereocenters. The zero-order chi connectivity index (χ0) is 16.8. The number of allylic oxidation sites excluding steroid dienone is 2. The molecule has 0 N–H and O–H groups in total. The highest BCUT2D eigenvalue weighted by Gasteiger charge is 2.52. The van der Waals surface area contributed by atoms with Crippen LogP contribution in [0.15, 0.2) is 11.5 Å². The number of hydrogen-bond acceptors (Lipinski definition) is 4. The Kier molecular flexibility index (Phi) is 7.14. The fourth-order valence-corrected chi connectivity index (χ4v) is 2.30. The van der Waals surface area contributed by atoms with Crippen molar-refractivity contribution in [1.29, 1.82) is 0 Å². The maximum absolute atomic E-state index is 11.5. The number of carbonyl (C=O) groups is 1. The van der Waals surface area contributed by atoms with Crippen LogP contribution in [0.25, 0.3) is 0 Å². The van der Waals surface area contributed by atoms with E-state index in [9.17, 15) is 4.79 Å². The first-order valence-corrected chi connectivity index (χ1v) is 8.43. The van der Waals surface area contributed by atoms with Crippen molar-refractivity contribution in [2.24, 2.45) is 0 Å². The third kappa shape index (κ3) is 5.13. The predicted octanol–water partition coefficient (Wildman–Crippen LogP) is 4.08. The molecule has 1 fully saturated rings. The van der Waals surface area contributed by atoms with E-state index in [1.807, 2.05) is 6.92 Å². The summed E-state index contributed by atoms with van der Waals surface area (Å²) in [5.41, 5.74) is 0.485. The zero-order valence-corrected chi connectivity index (χ0v) is 15.0. The minimum absolute atomic E-state index is 0.150. The number of ether oxygens (including phenoxy) is 1. The minimum atomic E-state index is -0.329. The molecule has 0 saturated carbocycles. The largest absolute Gasteiger partial charge is 0.490 e. The van der Waals surface area contributed by atoms with E-state index in [1.165, 1.54) is 0 Å². The molecule has 1 aliphatic heterocycles. The molecule has 0 spiro atoms. The highest BCUT2D eigenvalue weighted by molar-refractivity contribution is 6.54. The van der Waals surface area contributed by atoms with Crippen molar-refractivity contribution in [3.8, 4) is 0 Å². The van der Waals surface area contributed by atoms with Gasteiger partial charge in [0.2, 0.25) is 0 Å². The first-order valence-electron chi connectivity index (χ1n) is 8.43.